The van der Waals surface area contributed by atoms with Crippen molar-refractivity contribution in [3.63, 3.8) is 0 Å². The van der Waals surface area contributed by atoms with Crippen LogP contribution in [0.25, 0.3) is 0 Å². The molecule has 0 aromatic carbocycles. The molecule has 0 amide bonds. The topological polar surface area (TPSA) is 18.5 Å². The van der Waals surface area contributed by atoms with Gasteiger partial charge in [0.15, 0.2) is 0 Å². The van der Waals surface area contributed by atoms with Crippen molar-refractivity contribution in [1.29, 1.82) is 0 Å². The Balaban J connectivity index is 2.37. The Labute approximate surface area is 94.8 Å². The summed E-state index contributed by atoms with van der Waals surface area (Å²) in [6, 6.07) is 0.772. The highest BCUT2D eigenvalue weighted by atomic mass is 15.2. The van der Waals surface area contributed by atoms with Crippen LogP contribution in [-0.2, 0) is 0 Å². The van der Waals surface area contributed by atoms with E-state index in [2.05, 4.69) is 43.1 Å². The highest BCUT2D eigenvalue weighted by Gasteiger charge is 2.25. The molecule has 1 aliphatic rings. The molecule has 0 aliphatic carbocycles. The van der Waals surface area contributed by atoms with Crippen LogP contribution in [0.1, 0.15) is 26.7 Å². The Morgan fingerprint density at radius 2 is 1.87 bits per heavy atom. The molecule has 0 bridgehead atoms. The smallest absolute Gasteiger partial charge is 0.0249 e. The van der Waals surface area contributed by atoms with E-state index in [0.29, 0.717) is 0 Å². The van der Waals surface area contributed by atoms with Gasteiger partial charge in [0, 0.05) is 18.1 Å². The van der Waals surface area contributed by atoms with E-state index in [-0.39, 0.29) is 5.54 Å². The Morgan fingerprint density at radius 1 is 1.33 bits per heavy atom. The van der Waals surface area contributed by atoms with E-state index < -0.39 is 0 Å². The molecule has 0 aromatic rings. The van der Waals surface area contributed by atoms with E-state index >= 15 is 0 Å². The molecule has 15 heavy (non-hydrogen) atoms. The van der Waals surface area contributed by atoms with Gasteiger partial charge in [-0.25, -0.2) is 0 Å². The van der Waals surface area contributed by atoms with Gasteiger partial charge in [0.05, 0.1) is 0 Å². The Hall–Kier alpha value is -0.120. The fourth-order valence-corrected chi connectivity index (χ4v) is 2.27. The molecule has 3 heteroatoms. The van der Waals surface area contributed by atoms with Crippen LogP contribution >= 0.6 is 0 Å². The summed E-state index contributed by atoms with van der Waals surface area (Å²) in [4.78, 5) is 4.94. The molecule has 1 rings (SSSR count). The number of hydrogen-bond donors (Lipinski definition) is 1. The van der Waals surface area contributed by atoms with E-state index in [1.165, 1.54) is 25.9 Å². The van der Waals surface area contributed by atoms with Crippen molar-refractivity contribution in [2.45, 2.75) is 38.3 Å². The maximum Gasteiger partial charge on any atom is 0.0249 e. The van der Waals surface area contributed by atoms with Crippen molar-refractivity contribution in [2.24, 2.45) is 0 Å². The first-order chi connectivity index (χ1) is 6.94. The average Bonchev–Trinajstić information content (AvgIpc) is 2.18. The van der Waals surface area contributed by atoms with Gasteiger partial charge in [0.2, 0.25) is 0 Å². The molecule has 0 saturated carbocycles. The van der Waals surface area contributed by atoms with Gasteiger partial charge in [-0.05, 0) is 60.9 Å². The summed E-state index contributed by atoms with van der Waals surface area (Å²) in [5, 5.41) is 3.37. The van der Waals surface area contributed by atoms with Crippen molar-refractivity contribution in [3.8, 4) is 0 Å². The molecular formula is C12H27N3. The van der Waals surface area contributed by atoms with Crippen LogP contribution in [0.2, 0.25) is 0 Å². The van der Waals surface area contributed by atoms with Crippen molar-refractivity contribution >= 4 is 0 Å². The minimum atomic E-state index is 0.220. The molecule has 1 aliphatic heterocycles. The zero-order valence-corrected chi connectivity index (χ0v) is 11.0. The summed E-state index contributed by atoms with van der Waals surface area (Å²) in [5.74, 6) is 0. The van der Waals surface area contributed by atoms with Crippen LogP contribution in [0.5, 0.6) is 0 Å². The van der Waals surface area contributed by atoms with E-state index in [0.717, 1.165) is 12.6 Å². The highest BCUT2D eigenvalue weighted by molar-refractivity contribution is 4.84. The first-order valence-corrected chi connectivity index (χ1v) is 6.02. The van der Waals surface area contributed by atoms with Crippen molar-refractivity contribution in [2.75, 3.05) is 40.8 Å². The number of rotatable bonds is 4. The van der Waals surface area contributed by atoms with Crippen molar-refractivity contribution in [3.05, 3.63) is 0 Å². The third kappa shape index (κ3) is 4.09. The summed E-state index contributed by atoms with van der Waals surface area (Å²) in [6.07, 6.45) is 2.62. The minimum Gasteiger partial charge on any atom is -0.314 e. The predicted octanol–water partition coefficient (Wildman–Crippen LogP) is 1.01. The molecule has 90 valence electrons. The molecule has 0 aromatic heterocycles. The van der Waals surface area contributed by atoms with Gasteiger partial charge >= 0.3 is 0 Å². The predicted molar refractivity (Wildman–Crippen MR) is 66.3 cm³/mol. The van der Waals surface area contributed by atoms with Gasteiger partial charge in [0.1, 0.15) is 0 Å². The summed E-state index contributed by atoms with van der Waals surface area (Å²) in [6.45, 7) is 8.14. The zero-order chi connectivity index (χ0) is 11.5. The number of nitrogens with zero attached hydrogens (tertiary/aromatic N) is 2. The van der Waals surface area contributed by atoms with Crippen molar-refractivity contribution in [1.82, 2.24) is 15.1 Å². The Kier molecular flexibility index (Phi) is 4.56. The van der Waals surface area contributed by atoms with Crippen LogP contribution in [0.15, 0.2) is 0 Å². The maximum absolute atomic E-state index is 3.37. The largest absolute Gasteiger partial charge is 0.314 e. The lowest BCUT2D eigenvalue weighted by molar-refractivity contribution is 0.121. The van der Waals surface area contributed by atoms with E-state index in [1.54, 1.807) is 0 Å². The molecule has 1 heterocycles. The first-order valence-electron chi connectivity index (χ1n) is 6.02. The SMILES string of the molecule is CNC(C)(C)CN(C)C1CCN(C)CC1. The van der Waals surface area contributed by atoms with Crippen LogP contribution in [0.3, 0.4) is 0 Å². The number of hydrogen-bond acceptors (Lipinski definition) is 3. The fraction of sp³-hybridized carbons (Fsp3) is 1.00. The minimum absolute atomic E-state index is 0.220. The first kappa shape index (κ1) is 12.9. The number of likely N-dealkylation sites (tertiary alicyclic amines) is 1. The quantitative estimate of drug-likeness (QED) is 0.752. The van der Waals surface area contributed by atoms with E-state index in [1.807, 2.05) is 7.05 Å². The molecule has 1 N–H and O–H groups in total. The molecule has 0 radical (unpaired) electrons. The van der Waals surface area contributed by atoms with Gasteiger partial charge in [-0.1, -0.05) is 0 Å². The van der Waals surface area contributed by atoms with Crippen LogP contribution in [0.4, 0.5) is 0 Å². The monoisotopic (exact) mass is 213 g/mol. The van der Waals surface area contributed by atoms with Crippen LogP contribution in [-0.4, -0.2) is 62.2 Å². The number of likely N-dealkylation sites (N-methyl/N-ethyl adjacent to an activating group) is 2. The normalized spacial score (nSPS) is 21.2. The number of piperidine rings is 1. The molecular weight excluding hydrogens is 186 g/mol. The van der Waals surface area contributed by atoms with Gasteiger partial charge in [-0.3, -0.25) is 0 Å². The van der Waals surface area contributed by atoms with Crippen LogP contribution < -0.4 is 5.32 Å². The van der Waals surface area contributed by atoms with Gasteiger partial charge < -0.3 is 15.1 Å². The van der Waals surface area contributed by atoms with E-state index in [4.69, 9.17) is 0 Å². The van der Waals surface area contributed by atoms with Gasteiger partial charge in [-0.2, -0.15) is 0 Å². The second kappa shape index (κ2) is 5.28. The lowest BCUT2D eigenvalue weighted by Crippen LogP contribution is -2.51. The van der Waals surface area contributed by atoms with Gasteiger partial charge in [0.25, 0.3) is 0 Å². The highest BCUT2D eigenvalue weighted by Crippen LogP contribution is 2.16. The molecule has 0 spiro atoms. The van der Waals surface area contributed by atoms with E-state index in [9.17, 15) is 0 Å². The Morgan fingerprint density at radius 3 is 2.33 bits per heavy atom. The number of nitrogens with one attached hydrogen (secondary N) is 1. The molecule has 1 saturated heterocycles. The third-order valence-corrected chi connectivity index (χ3v) is 3.63. The zero-order valence-electron chi connectivity index (χ0n) is 11.0. The average molecular weight is 213 g/mol. The second-order valence-corrected chi connectivity index (χ2v) is 5.58. The second-order valence-electron chi connectivity index (χ2n) is 5.58. The van der Waals surface area contributed by atoms with Crippen molar-refractivity contribution < 1.29 is 0 Å². The fourth-order valence-electron chi connectivity index (χ4n) is 2.27. The summed E-state index contributed by atoms with van der Waals surface area (Å²) in [7, 11) is 6.52. The lowest BCUT2D eigenvalue weighted by atomic mass is 10.00. The maximum atomic E-state index is 3.37. The summed E-state index contributed by atoms with van der Waals surface area (Å²) < 4.78 is 0. The molecule has 0 unspecified atom stereocenters. The lowest BCUT2D eigenvalue weighted by Gasteiger charge is -2.39. The van der Waals surface area contributed by atoms with Crippen LogP contribution in [0, 0.1) is 0 Å². The summed E-state index contributed by atoms with van der Waals surface area (Å²) >= 11 is 0. The standard InChI is InChI=1S/C12H27N3/c1-12(2,13-3)10-15(5)11-6-8-14(4)9-7-11/h11,13H,6-10H2,1-5H3. The third-order valence-electron chi connectivity index (χ3n) is 3.63. The Bertz CT molecular complexity index is 183. The van der Waals surface area contributed by atoms with Gasteiger partial charge in [-0.15, -0.1) is 0 Å². The molecule has 1 fully saturated rings. The molecule has 0 atom stereocenters. The molecule has 3 nitrogen and oxygen atoms in total. The summed E-state index contributed by atoms with van der Waals surface area (Å²) in [5.41, 5.74) is 0.220.